The molecule has 0 spiro atoms. The van der Waals surface area contributed by atoms with E-state index in [4.69, 9.17) is 0 Å². The second-order valence-corrected chi connectivity index (χ2v) is 3.27. The first kappa shape index (κ1) is 9.10. The number of hydrogen-bond acceptors (Lipinski definition) is 2. The molecule has 0 bridgehead atoms. The van der Waals surface area contributed by atoms with Crippen LogP contribution in [-0.4, -0.2) is 15.6 Å². The molecule has 0 aliphatic rings. The van der Waals surface area contributed by atoms with Crippen molar-refractivity contribution in [2.45, 2.75) is 40.3 Å². The molecule has 1 rings (SSSR count). The van der Waals surface area contributed by atoms with Crippen LogP contribution in [0.1, 0.15) is 26.5 Å². The summed E-state index contributed by atoms with van der Waals surface area (Å²) in [5, 5.41) is 3.30. The highest BCUT2D eigenvalue weighted by atomic mass is 15.2. The van der Waals surface area contributed by atoms with Gasteiger partial charge in [0.05, 0.1) is 6.20 Å². The molecule has 1 heterocycles. The third-order valence-electron chi connectivity index (χ3n) is 1.79. The molecule has 12 heavy (non-hydrogen) atoms. The lowest BCUT2D eigenvalue weighted by Crippen LogP contribution is -2.14. The standard InChI is InChI=1S/C9H17N3/c1-5-12-8(4)6-10-9(12)11-7(2)3/h6-7H,5H2,1-4H3,(H,10,11). The van der Waals surface area contributed by atoms with E-state index in [1.807, 2.05) is 6.20 Å². The Hall–Kier alpha value is -0.990. The zero-order valence-corrected chi connectivity index (χ0v) is 8.26. The molecule has 0 saturated heterocycles. The monoisotopic (exact) mass is 167 g/mol. The fourth-order valence-corrected chi connectivity index (χ4v) is 1.23. The minimum absolute atomic E-state index is 0.442. The summed E-state index contributed by atoms with van der Waals surface area (Å²) in [4.78, 5) is 4.28. The average molecular weight is 167 g/mol. The van der Waals surface area contributed by atoms with Crippen LogP contribution >= 0.6 is 0 Å². The molecule has 0 aliphatic heterocycles. The number of nitrogens with zero attached hydrogens (tertiary/aromatic N) is 2. The predicted octanol–water partition coefficient (Wildman–Crippen LogP) is 2.03. The summed E-state index contributed by atoms with van der Waals surface area (Å²) in [6, 6.07) is 0.442. The lowest BCUT2D eigenvalue weighted by molar-refractivity contribution is 0.727. The molecule has 0 unspecified atom stereocenters. The molecule has 0 fully saturated rings. The Morgan fingerprint density at radius 3 is 2.75 bits per heavy atom. The normalized spacial score (nSPS) is 10.8. The van der Waals surface area contributed by atoms with Gasteiger partial charge in [-0.2, -0.15) is 0 Å². The van der Waals surface area contributed by atoms with Gasteiger partial charge in [0.1, 0.15) is 0 Å². The average Bonchev–Trinajstić information content (AvgIpc) is 2.30. The number of aromatic nitrogens is 2. The van der Waals surface area contributed by atoms with Gasteiger partial charge in [0, 0.05) is 18.3 Å². The van der Waals surface area contributed by atoms with Crippen molar-refractivity contribution in [3.05, 3.63) is 11.9 Å². The highest BCUT2D eigenvalue weighted by molar-refractivity contribution is 5.29. The van der Waals surface area contributed by atoms with Crippen molar-refractivity contribution in [3.63, 3.8) is 0 Å². The first-order chi connectivity index (χ1) is 5.65. The van der Waals surface area contributed by atoms with Crippen LogP contribution in [0.15, 0.2) is 6.20 Å². The summed E-state index contributed by atoms with van der Waals surface area (Å²) < 4.78 is 2.17. The molecule has 0 saturated carbocycles. The van der Waals surface area contributed by atoms with Crippen molar-refractivity contribution >= 4 is 5.95 Å². The molecule has 0 aromatic carbocycles. The minimum Gasteiger partial charge on any atom is -0.353 e. The Kier molecular flexibility index (Phi) is 2.74. The van der Waals surface area contributed by atoms with Gasteiger partial charge in [0.2, 0.25) is 5.95 Å². The van der Waals surface area contributed by atoms with E-state index in [1.165, 1.54) is 5.69 Å². The van der Waals surface area contributed by atoms with Gasteiger partial charge in [-0.25, -0.2) is 4.98 Å². The largest absolute Gasteiger partial charge is 0.353 e. The van der Waals surface area contributed by atoms with Gasteiger partial charge < -0.3 is 9.88 Å². The topological polar surface area (TPSA) is 29.9 Å². The van der Waals surface area contributed by atoms with E-state index < -0.39 is 0 Å². The Morgan fingerprint density at radius 1 is 1.58 bits per heavy atom. The Morgan fingerprint density at radius 2 is 2.25 bits per heavy atom. The summed E-state index contributed by atoms with van der Waals surface area (Å²) in [7, 11) is 0. The third kappa shape index (κ3) is 1.78. The molecule has 3 heteroatoms. The second kappa shape index (κ2) is 3.61. The van der Waals surface area contributed by atoms with Gasteiger partial charge in [-0.3, -0.25) is 0 Å². The minimum atomic E-state index is 0.442. The number of hydrogen-bond donors (Lipinski definition) is 1. The van der Waals surface area contributed by atoms with E-state index in [0.29, 0.717) is 6.04 Å². The van der Waals surface area contributed by atoms with Crippen molar-refractivity contribution in [1.82, 2.24) is 9.55 Å². The molecule has 3 nitrogen and oxygen atoms in total. The number of imidazole rings is 1. The zero-order valence-electron chi connectivity index (χ0n) is 8.26. The molecular formula is C9H17N3. The Balaban J connectivity index is 2.84. The quantitative estimate of drug-likeness (QED) is 0.746. The lowest BCUT2D eigenvalue weighted by atomic mass is 10.4. The Labute approximate surface area is 73.8 Å². The van der Waals surface area contributed by atoms with E-state index in [9.17, 15) is 0 Å². The second-order valence-electron chi connectivity index (χ2n) is 3.27. The number of anilines is 1. The van der Waals surface area contributed by atoms with Gasteiger partial charge in [0.15, 0.2) is 0 Å². The smallest absolute Gasteiger partial charge is 0.203 e. The maximum Gasteiger partial charge on any atom is 0.203 e. The highest BCUT2D eigenvalue weighted by Gasteiger charge is 2.04. The summed E-state index contributed by atoms with van der Waals surface area (Å²) >= 11 is 0. The van der Waals surface area contributed by atoms with E-state index in [1.54, 1.807) is 0 Å². The van der Waals surface area contributed by atoms with Crippen LogP contribution in [0.3, 0.4) is 0 Å². The molecular weight excluding hydrogens is 150 g/mol. The van der Waals surface area contributed by atoms with Crippen LogP contribution in [0.5, 0.6) is 0 Å². The van der Waals surface area contributed by atoms with Gasteiger partial charge in [-0.15, -0.1) is 0 Å². The van der Waals surface area contributed by atoms with Crippen molar-refractivity contribution in [1.29, 1.82) is 0 Å². The van der Waals surface area contributed by atoms with Gasteiger partial charge in [-0.1, -0.05) is 0 Å². The molecule has 1 aromatic rings. The third-order valence-corrected chi connectivity index (χ3v) is 1.79. The zero-order chi connectivity index (χ0) is 9.14. The number of aryl methyl sites for hydroxylation is 1. The summed E-state index contributed by atoms with van der Waals surface area (Å²) in [5.74, 6) is 0.977. The van der Waals surface area contributed by atoms with E-state index >= 15 is 0 Å². The molecule has 0 aliphatic carbocycles. The first-order valence-corrected chi connectivity index (χ1v) is 4.43. The van der Waals surface area contributed by atoms with Crippen LogP contribution in [0, 0.1) is 6.92 Å². The van der Waals surface area contributed by atoms with Crippen LogP contribution in [0.25, 0.3) is 0 Å². The fourth-order valence-electron chi connectivity index (χ4n) is 1.23. The molecule has 68 valence electrons. The molecule has 0 atom stereocenters. The van der Waals surface area contributed by atoms with Crippen molar-refractivity contribution in [2.24, 2.45) is 0 Å². The summed E-state index contributed by atoms with van der Waals surface area (Å²) in [6.07, 6.45) is 1.90. The van der Waals surface area contributed by atoms with Gasteiger partial charge >= 0.3 is 0 Å². The van der Waals surface area contributed by atoms with Crippen LogP contribution in [0.2, 0.25) is 0 Å². The maximum atomic E-state index is 4.28. The fraction of sp³-hybridized carbons (Fsp3) is 0.667. The molecule has 1 aromatic heterocycles. The molecule has 0 amide bonds. The number of rotatable bonds is 3. The van der Waals surface area contributed by atoms with E-state index in [2.05, 4.69) is 42.6 Å². The highest BCUT2D eigenvalue weighted by Crippen LogP contribution is 2.09. The lowest BCUT2D eigenvalue weighted by Gasteiger charge is -2.11. The van der Waals surface area contributed by atoms with E-state index in [0.717, 1.165) is 12.5 Å². The maximum absolute atomic E-state index is 4.28. The summed E-state index contributed by atoms with van der Waals surface area (Å²) in [6.45, 7) is 9.40. The van der Waals surface area contributed by atoms with Gasteiger partial charge in [-0.05, 0) is 27.7 Å². The number of nitrogens with one attached hydrogen (secondary N) is 1. The Bertz CT molecular complexity index is 250. The molecule has 0 radical (unpaired) electrons. The van der Waals surface area contributed by atoms with Crippen molar-refractivity contribution in [3.8, 4) is 0 Å². The SMILES string of the molecule is CCn1c(C)cnc1NC(C)C. The van der Waals surface area contributed by atoms with Gasteiger partial charge in [0.25, 0.3) is 0 Å². The van der Waals surface area contributed by atoms with Crippen LogP contribution in [0.4, 0.5) is 5.95 Å². The molecule has 1 N–H and O–H groups in total. The predicted molar refractivity (Wildman–Crippen MR) is 51.4 cm³/mol. The van der Waals surface area contributed by atoms with Crippen molar-refractivity contribution in [2.75, 3.05) is 5.32 Å². The van der Waals surface area contributed by atoms with Crippen molar-refractivity contribution < 1.29 is 0 Å². The summed E-state index contributed by atoms with van der Waals surface area (Å²) in [5.41, 5.74) is 1.21. The van der Waals surface area contributed by atoms with Crippen LogP contribution < -0.4 is 5.32 Å². The van der Waals surface area contributed by atoms with Crippen LogP contribution in [-0.2, 0) is 6.54 Å². The van der Waals surface area contributed by atoms with E-state index in [-0.39, 0.29) is 0 Å². The first-order valence-electron chi connectivity index (χ1n) is 4.43.